The zero-order valence-corrected chi connectivity index (χ0v) is 21.7. The van der Waals surface area contributed by atoms with Crippen molar-refractivity contribution < 1.29 is 12.6 Å². The minimum absolute atomic E-state index is 0.0917. The van der Waals surface area contributed by atoms with Crippen LogP contribution in [0.25, 0.3) is 11.3 Å². The molecule has 184 valence electrons. The number of hydrogen-bond donors (Lipinski definition) is 1. The Morgan fingerprint density at radius 2 is 1.86 bits per heavy atom. The van der Waals surface area contributed by atoms with E-state index in [0.29, 0.717) is 22.4 Å². The van der Waals surface area contributed by atoms with Gasteiger partial charge >= 0.3 is 0 Å². The van der Waals surface area contributed by atoms with E-state index in [-0.39, 0.29) is 12.5 Å². The third-order valence-corrected chi connectivity index (χ3v) is 7.43. The molecule has 9 heteroatoms. The predicted molar refractivity (Wildman–Crippen MR) is 144 cm³/mol. The molecule has 0 saturated heterocycles. The van der Waals surface area contributed by atoms with E-state index in [0.717, 1.165) is 46.3 Å². The second-order valence-corrected chi connectivity index (χ2v) is 11.1. The van der Waals surface area contributed by atoms with Crippen LogP contribution in [0.4, 0.5) is 11.6 Å². The molecule has 1 heterocycles. The van der Waals surface area contributed by atoms with E-state index in [2.05, 4.69) is 22.4 Å². The van der Waals surface area contributed by atoms with E-state index in [1.165, 1.54) is 5.56 Å². The maximum Gasteiger partial charge on any atom is 0.264 e. The maximum atomic E-state index is 11.2. The lowest BCUT2D eigenvalue weighted by Crippen LogP contribution is -2.15. The molecule has 0 unspecified atom stereocenters. The number of nitrogens with one attached hydrogen (secondary N) is 1. The molecule has 1 N–H and O–H groups in total. The molecule has 0 radical (unpaired) electrons. The highest BCUT2D eigenvalue weighted by Gasteiger charge is 2.27. The number of rotatable bonds is 7. The van der Waals surface area contributed by atoms with E-state index in [1.807, 2.05) is 60.8 Å². The summed E-state index contributed by atoms with van der Waals surface area (Å²) in [6.45, 7) is 0.0917. The first-order valence-electron chi connectivity index (χ1n) is 11.4. The lowest BCUT2D eigenvalue weighted by Gasteiger charge is -2.27. The normalized spacial score (nSPS) is 14.7. The zero-order valence-electron chi connectivity index (χ0n) is 19.4. The van der Waals surface area contributed by atoms with Crippen molar-refractivity contribution in [2.24, 2.45) is 0 Å². The van der Waals surface area contributed by atoms with Gasteiger partial charge in [0.05, 0.1) is 28.6 Å². The van der Waals surface area contributed by atoms with Crippen molar-refractivity contribution in [3.63, 3.8) is 0 Å². The number of nitrogens with zero attached hydrogens (tertiary/aromatic N) is 2. The molecular formula is C27H23Cl2N3O3S. The van der Waals surface area contributed by atoms with Gasteiger partial charge in [0.25, 0.3) is 10.1 Å². The topological polar surface area (TPSA) is 81.2 Å². The first kappa shape index (κ1) is 24.7. The number of anilines is 2. The van der Waals surface area contributed by atoms with E-state index < -0.39 is 10.1 Å². The summed E-state index contributed by atoms with van der Waals surface area (Å²) in [6, 6.07) is 21.7. The highest BCUT2D eigenvalue weighted by atomic mass is 35.5. The molecule has 1 aliphatic rings. The molecule has 36 heavy (non-hydrogen) atoms. The summed E-state index contributed by atoms with van der Waals surface area (Å²) in [5.74, 6) is 0.609. The summed E-state index contributed by atoms with van der Waals surface area (Å²) in [7, 11) is -3.46. The van der Waals surface area contributed by atoms with E-state index in [9.17, 15) is 8.42 Å². The van der Waals surface area contributed by atoms with Gasteiger partial charge in [-0.1, -0.05) is 65.7 Å². The SMILES string of the molecule is CS(=O)(=O)OCCc1cccc(Nc2ncc3c(n2)-c2ccccc2[C@H](c2ccc(Cl)c(Cl)c2)C3)c1. The number of fused-ring (bicyclic) bond motifs is 3. The molecule has 1 aliphatic carbocycles. The predicted octanol–water partition coefficient (Wildman–Crippen LogP) is 6.40. The fourth-order valence-electron chi connectivity index (χ4n) is 4.47. The summed E-state index contributed by atoms with van der Waals surface area (Å²) in [5.41, 5.74) is 7.05. The molecule has 0 bridgehead atoms. The standard InChI is InChI=1S/C27H23Cl2N3O3S/c1-36(33,34)35-12-11-17-5-4-6-20(13-17)31-27-30-16-19-14-23(18-9-10-24(28)25(29)15-18)21-7-2-3-8-22(21)26(19)32-27/h2-10,13,15-16,23H,11-12,14H2,1H3,(H,30,31,32)/t23-/m0/s1. The van der Waals surface area contributed by atoms with Crippen molar-refractivity contribution in [2.75, 3.05) is 18.2 Å². The Kier molecular flexibility index (Phi) is 6.99. The Labute approximate surface area is 220 Å². The van der Waals surface area contributed by atoms with Gasteiger partial charge in [0.2, 0.25) is 5.95 Å². The van der Waals surface area contributed by atoms with Crippen molar-refractivity contribution >= 4 is 45.0 Å². The molecule has 0 spiro atoms. The van der Waals surface area contributed by atoms with Crippen LogP contribution in [0.1, 0.15) is 28.2 Å². The van der Waals surface area contributed by atoms with Crippen LogP contribution in [0.3, 0.4) is 0 Å². The summed E-state index contributed by atoms with van der Waals surface area (Å²) in [6.07, 6.45) is 4.13. The number of hydrogen-bond acceptors (Lipinski definition) is 6. The van der Waals surface area contributed by atoms with Gasteiger partial charge in [0.15, 0.2) is 0 Å². The van der Waals surface area contributed by atoms with Crippen molar-refractivity contribution in [1.29, 1.82) is 0 Å². The number of halogens is 2. The Bertz CT molecular complexity index is 1540. The molecule has 3 aromatic carbocycles. The van der Waals surface area contributed by atoms with E-state index in [1.54, 1.807) is 0 Å². The molecule has 0 saturated carbocycles. The minimum atomic E-state index is -3.46. The Morgan fingerprint density at radius 3 is 2.67 bits per heavy atom. The maximum absolute atomic E-state index is 11.2. The fraction of sp³-hybridized carbons (Fsp3) is 0.185. The molecule has 0 aliphatic heterocycles. The third kappa shape index (κ3) is 5.55. The molecule has 0 amide bonds. The zero-order chi connectivity index (χ0) is 25.3. The van der Waals surface area contributed by atoms with E-state index >= 15 is 0 Å². The third-order valence-electron chi connectivity index (χ3n) is 6.10. The molecule has 0 fully saturated rings. The Hall–Kier alpha value is -2.97. The summed E-state index contributed by atoms with van der Waals surface area (Å²) in [4.78, 5) is 9.43. The molecule has 1 atom stereocenters. The quantitative estimate of drug-likeness (QED) is 0.273. The minimum Gasteiger partial charge on any atom is -0.324 e. The summed E-state index contributed by atoms with van der Waals surface area (Å²) >= 11 is 12.5. The Morgan fingerprint density at radius 1 is 1.03 bits per heavy atom. The van der Waals surface area contributed by atoms with Crippen LogP contribution in [0.15, 0.2) is 72.9 Å². The van der Waals surface area contributed by atoms with Gasteiger partial charge in [0, 0.05) is 23.4 Å². The lowest BCUT2D eigenvalue weighted by atomic mass is 9.78. The van der Waals surface area contributed by atoms with Crippen LogP contribution in [0.2, 0.25) is 10.0 Å². The molecule has 5 rings (SSSR count). The van der Waals surface area contributed by atoms with Gasteiger partial charge in [0.1, 0.15) is 0 Å². The monoisotopic (exact) mass is 539 g/mol. The summed E-state index contributed by atoms with van der Waals surface area (Å²) in [5, 5.41) is 4.35. The molecule has 4 aromatic rings. The van der Waals surface area contributed by atoms with Crippen molar-refractivity contribution in [3.05, 3.63) is 105 Å². The lowest BCUT2D eigenvalue weighted by molar-refractivity contribution is 0.326. The van der Waals surface area contributed by atoms with Gasteiger partial charge in [-0.05, 0) is 59.4 Å². The number of aromatic nitrogens is 2. The van der Waals surface area contributed by atoms with Gasteiger partial charge in [-0.15, -0.1) is 0 Å². The molecule has 6 nitrogen and oxygen atoms in total. The van der Waals surface area contributed by atoms with Crippen LogP contribution in [-0.2, 0) is 27.1 Å². The van der Waals surface area contributed by atoms with Crippen molar-refractivity contribution in [1.82, 2.24) is 9.97 Å². The van der Waals surface area contributed by atoms with E-state index in [4.69, 9.17) is 32.4 Å². The van der Waals surface area contributed by atoms with Crippen molar-refractivity contribution in [2.45, 2.75) is 18.8 Å². The highest BCUT2D eigenvalue weighted by Crippen LogP contribution is 2.43. The second kappa shape index (κ2) is 10.2. The van der Waals surface area contributed by atoms with Gasteiger partial charge < -0.3 is 5.32 Å². The first-order chi connectivity index (χ1) is 17.3. The van der Waals surface area contributed by atoms with Crippen molar-refractivity contribution in [3.8, 4) is 11.3 Å². The van der Waals surface area contributed by atoms with Crippen LogP contribution in [0, 0.1) is 0 Å². The number of benzene rings is 3. The van der Waals surface area contributed by atoms with Crippen LogP contribution in [0.5, 0.6) is 0 Å². The fourth-order valence-corrected chi connectivity index (χ4v) is 5.16. The highest BCUT2D eigenvalue weighted by molar-refractivity contribution is 7.85. The largest absolute Gasteiger partial charge is 0.324 e. The van der Waals surface area contributed by atoms with Crippen LogP contribution in [-0.4, -0.2) is 31.2 Å². The van der Waals surface area contributed by atoms with Crippen LogP contribution >= 0.6 is 23.2 Å². The average Bonchev–Trinajstić information content (AvgIpc) is 2.85. The van der Waals surface area contributed by atoms with Crippen LogP contribution < -0.4 is 5.32 Å². The molecular weight excluding hydrogens is 517 g/mol. The van der Waals surface area contributed by atoms with Gasteiger partial charge in [-0.2, -0.15) is 8.42 Å². The second-order valence-electron chi connectivity index (χ2n) is 8.69. The Balaban J connectivity index is 1.40. The average molecular weight is 540 g/mol. The smallest absolute Gasteiger partial charge is 0.264 e. The molecule has 1 aromatic heterocycles. The first-order valence-corrected chi connectivity index (χ1v) is 13.9. The van der Waals surface area contributed by atoms with Gasteiger partial charge in [-0.25, -0.2) is 9.97 Å². The summed E-state index contributed by atoms with van der Waals surface area (Å²) < 4.78 is 27.3. The van der Waals surface area contributed by atoms with Gasteiger partial charge in [-0.3, -0.25) is 4.18 Å².